The molecule has 0 unspecified atom stereocenters. The standard InChI is InChI=1S/C36H24N3O12P3S3/c40-25-1-13-31(14-2-25)55(43,44)34-19-7-28(8-20-34)49-52-37-53(50-29-9-21-35(22-10-29)56(45,46)32-15-3-26(41)4-16-32)39-54(38-52)51-30-11-23-36(24-12-30)57(47,48)33-17-5-27(42)6-18-33/h1-24H/p+3. The smallest absolute Gasteiger partial charge is 0.508 e. The number of rotatable bonds is 12. The lowest BCUT2D eigenvalue weighted by Gasteiger charge is -2.05. The van der Waals surface area contributed by atoms with E-state index in [4.69, 9.17) is 13.6 Å². The average molecular weight is 883 g/mol. The molecule has 1 aromatic heterocycles. The lowest BCUT2D eigenvalue weighted by Crippen LogP contribution is -2.02. The minimum absolute atomic E-state index is 0.0141. The summed E-state index contributed by atoms with van der Waals surface area (Å²) in [5.41, 5.74) is 0. The number of aromatic nitrogens is 3. The Morgan fingerprint density at radius 2 is 0.491 bits per heavy atom. The maximum Gasteiger partial charge on any atom is 0.682 e. The molecule has 15 nitrogen and oxygen atoms in total. The Balaban J connectivity index is 1.16. The normalized spacial score (nSPS) is 12.7. The number of nitrogens with zero attached hydrogens (tertiary/aromatic N) is 3. The van der Waals surface area contributed by atoms with Crippen LogP contribution in [-0.2, 0) is 29.5 Å². The number of benzene rings is 6. The van der Waals surface area contributed by atoms with Crippen molar-refractivity contribution in [3.63, 3.8) is 0 Å². The quantitative estimate of drug-likeness (QED) is 0.106. The first-order valence-corrected chi connectivity index (χ1v) is 24.1. The molecule has 7 rings (SSSR count). The van der Waals surface area contributed by atoms with E-state index in [1.807, 2.05) is 0 Å². The van der Waals surface area contributed by atoms with Gasteiger partial charge in [0.25, 0.3) is 13.5 Å². The summed E-state index contributed by atoms with van der Waals surface area (Å²) < 4.78 is 110. The zero-order valence-electron chi connectivity index (χ0n) is 28.8. The molecule has 0 spiro atoms. The molecule has 57 heavy (non-hydrogen) atoms. The third-order valence-corrected chi connectivity index (χ3v) is 18.0. The molecule has 288 valence electrons. The Morgan fingerprint density at radius 3 is 0.684 bits per heavy atom. The fourth-order valence-electron chi connectivity index (χ4n) is 4.97. The van der Waals surface area contributed by atoms with Crippen LogP contribution >= 0.6 is 24.2 Å². The minimum atomic E-state index is -3.90. The zero-order valence-corrected chi connectivity index (χ0v) is 33.9. The van der Waals surface area contributed by atoms with E-state index in [1.165, 1.54) is 146 Å². The van der Waals surface area contributed by atoms with Crippen LogP contribution in [0.25, 0.3) is 0 Å². The van der Waals surface area contributed by atoms with Crippen LogP contribution in [0.1, 0.15) is 0 Å². The molecule has 0 aliphatic rings. The van der Waals surface area contributed by atoms with Crippen molar-refractivity contribution in [3.05, 3.63) is 146 Å². The average Bonchev–Trinajstić information content (AvgIpc) is 3.19. The van der Waals surface area contributed by atoms with Crippen molar-refractivity contribution >= 4 is 53.7 Å². The Labute approximate surface area is 329 Å². The van der Waals surface area contributed by atoms with Gasteiger partial charge in [0, 0.05) is 0 Å². The maximum atomic E-state index is 13.1. The van der Waals surface area contributed by atoms with Gasteiger partial charge in [-0.2, -0.15) is 0 Å². The van der Waals surface area contributed by atoms with Crippen LogP contribution < -0.4 is 13.6 Å². The number of hydrogen-bond donors (Lipinski definition) is 3. The molecule has 0 radical (unpaired) electrons. The largest absolute Gasteiger partial charge is 0.682 e. The van der Waals surface area contributed by atoms with E-state index in [0.717, 1.165) is 0 Å². The van der Waals surface area contributed by atoms with Gasteiger partial charge in [0.1, 0.15) is 17.2 Å². The predicted molar refractivity (Wildman–Crippen MR) is 209 cm³/mol. The second-order valence-electron chi connectivity index (χ2n) is 11.7. The Hall–Kier alpha value is -5.73. The molecule has 7 aromatic rings. The molecule has 1 heterocycles. The van der Waals surface area contributed by atoms with E-state index < -0.39 is 53.7 Å². The fraction of sp³-hybridized carbons (Fsp3) is 0. The van der Waals surface area contributed by atoms with Crippen LogP contribution in [0.3, 0.4) is 0 Å². The van der Waals surface area contributed by atoms with E-state index in [1.54, 1.807) is 0 Å². The van der Waals surface area contributed by atoms with Crippen molar-refractivity contribution in [2.45, 2.75) is 29.4 Å². The van der Waals surface area contributed by atoms with Crippen LogP contribution in [0.5, 0.6) is 34.5 Å². The predicted octanol–water partition coefficient (Wildman–Crippen LogP) is 7.82. The molecule has 21 heteroatoms. The first-order chi connectivity index (χ1) is 27.2. The maximum absolute atomic E-state index is 13.1. The highest BCUT2D eigenvalue weighted by molar-refractivity contribution is 7.92. The van der Waals surface area contributed by atoms with Crippen LogP contribution in [0.15, 0.2) is 175 Å². The van der Waals surface area contributed by atoms with E-state index in [-0.39, 0.29) is 63.9 Å². The molecular formula is C36H27N3O12P3S3+3. The second kappa shape index (κ2) is 16.0. The summed E-state index contributed by atoms with van der Waals surface area (Å²) in [5, 5.41) is 28.7. The van der Waals surface area contributed by atoms with Gasteiger partial charge < -0.3 is 15.3 Å². The van der Waals surface area contributed by atoms with Crippen molar-refractivity contribution in [2.24, 2.45) is 0 Å². The van der Waals surface area contributed by atoms with Crippen LogP contribution in [0.2, 0.25) is 0 Å². The monoisotopic (exact) mass is 882 g/mol. The van der Waals surface area contributed by atoms with Crippen molar-refractivity contribution in [2.75, 3.05) is 0 Å². The van der Waals surface area contributed by atoms with Crippen molar-refractivity contribution in [1.29, 1.82) is 0 Å². The highest BCUT2D eigenvalue weighted by atomic mass is 32.2. The summed E-state index contributed by atoms with van der Waals surface area (Å²) in [5.74, 6) is 0.426. The molecule has 6 aromatic carbocycles. The van der Waals surface area contributed by atoms with Gasteiger partial charge in [-0.05, 0) is 146 Å². The first-order valence-electron chi connectivity index (χ1n) is 16.2. The zero-order chi connectivity index (χ0) is 40.4. The SMILES string of the molecule is O=S(=O)(c1ccc(O)cc1)c1ccc(O[p+]2n[p+](Oc3ccc(S(=O)(=O)c4ccc(O)cc4)cc3)n[p+](Oc3ccc(S(=O)(=O)c4ccc(O)cc4)cc3)n2)cc1. The molecule has 0 bridgehead atoms. The molecular weight excluding hydrogens is 856 g/mol. The van der Waals surface area contributed by atoms with Gasteiger partial charge in [-0.15, -0.1) is 0 Å². The highest BCUT2D eigenvalue weighted by Crippen LogP contribution is 2.41. The van der Waals surface area contributed by atoms with Crippen molar-refractivity contribution in [3.8, 4) is 34.5 Å². The van der Waals surface area contributed by atoms with E-state index in [9.17, 15) is 40.6 Å². The van der Waals surface area contributed by atoms with Crippen molar-refractivity contribution in [1.82, 2.24) is 13.5 Å². The third kappa shape index (κ3) is 8.97. The van der Waals surface area contributed by atoms with Gasteiger partial charge >= 0.3 is 24.2 Å². The molecule has 0 aliphatic carbocycles. The number of sulfone groups is 3. The van der Waals surface area contributed by atoms with Gasteiger partial charge in [-0.3, -0.25) is 0 Å². The van der Waals surface area contributed by atoms with E-state index in [2.05, 4.69) is 13.5 Å². The fourth-order valence-corrected chi connectivity index (χ4v) is 13.5. The van der Waals surface area contributed by atoms with Gasteiger partial charge in [-0.1, -0.05) is 0 Å². The summed E-state index contributed by atoms with van der Waals surface area (Å²) in [7, 11) is -17.9. The van der Waals surface area contributed by atoms with Gasteiger partial charge in [0.05, 0.1) is 29.4 Å². The second-order valence-corrected chi connectivity index (χ2v) is 21.8. The minimum Gasteiger partial charge on any atom is -0.508 e. The number of aromatic hydroxyl groups is 3. The lowest BCUT2D eigenvalue weighted by atomic mass is 10.3. The van der Waals surface area contributed by atoms with E-state index >= 15 is 0 Å². The summed E-state index contributed by atoms with van der Waals surface area (Å²) >= 11 is 0. The molecule has 3 N–H and O–H groups in total. The first kappa shape index (κ1) is 39.5. The molecule has 0 saturated carbocycles. The van der Waals surface area contributed by atoms with Crippen LogP contribution in [0.4, 0.5) is 0 Å². The number of phenols is 3. The Morgan fingerprint density at radius 1 is 0.316 bits per heavy atom. The molecule has 0 atom stereocenters. The van der Waals surface area contributed by atoms with Gasteiger partial charge in [0.15, 0.2) is 17.2 Å². The topological polar surface area (TPSA) is 229 Å². The van der Waals surface area contributed by atoms with Gasteiger partial charge in [0.2, 0.25) is 29.5 Å². The molecule has 0 aliphatic heterocycles. The molecule has 0 fully saturated rings. The Kier molecular flexibility index (Phi) is 11.1. The van der Waals surface area contributed by atoms with Crippen molar-refractivity contribution < 1.29 is 54.1 Å². The summed E-state index contributed by atoms with van der Waals surface area (Å²) in [6.07, 6.45) is 0. The summed E-state index contributed by atoms with van der Waals surface area (Å²) in [6.45, 7) is 0. The summed E-state index contributed by atoms with van der Waals surface area (Å²) in [4.78, 5) is -0.115. The Bertz CT molecular complexity index is 2580. The third-order valence-electron chi connectivity index (χ3n) is 7.86. The van der Waals surface area contributed by atoms with E-state index in [0.29, 0.717) is 0 Å². The van der Waals surface area contributed by atoms with Crippen LogP contribution in [-0.4, -0.2) is 54.1 Å². The molecule has 0 saturated heterocycles. The summed E-state index contributed by atoms with van der Waals surface area (Å²) in [6, 6.07) is 32.0. The lowest BCUT2D eigenvalue weighted by molar-refractivity contribution is 0.474. The highest BCUT2D eigenvalue weighted by Gasteiger charge is 2.43. The molecule has 0 amide bonds. The van der Waals surface area contributed by atoms with Gasteiger partial charge in [-0.25, -0.2) is 38.8 Å². The number of phenolic OH excluding ortho intramolecular Hbond substituents is 3. The number of hydrogen-bond acceptors (Lipinski definition) is 15. The van der Waals surface area contributed by atoms with Crippen LogP contribution in [0, 0.1) is 0 Å².